The second kappa shape index (κ2) is 5.34. The molecule has 0 spiro atoms. The van der Waals surface area contributed by atoms with Crippen molar-refractivity contribution in [3.63, 3.8) is 0 Å². The topological polar surface area (TPSA) is 53.1 Å². The van der Waals surface area contributed by atoms with Crippen LogP contribution in [0.15, 0.2) is 18.2 Å². The first kappa shape index (κ1) is 13.5. The maximum absolute atomic E-state index is 5.89. The van der Waals surface area contributed by atoms with Gasteiger partial charge in [-0.1, -0.05) is 17.7 Å². The highest BCUT2D eigenvalue weighted by atomic mass is 16.5. The number of ether oxygens (including phenoxy) is 1. The molecule has 0 bridgehead atoms. The summed E-state index contributed by atoms with van der Waals surface area (Å²) >= 11 is 0. The lowest BCUT2D eigenvalue weighted by Crippen LogP contribution is -2.05. The Morgan fingerprint density at radius 2 is 1.79 bits per heavy atom. The van der Waals surface area contributed by atoms with Crippen LogP contribution in [0.3, 0.4) is 0 Å². The minimum absolute atomic E-state index is 0.612. The van der Waals surface area contributed by atoms with Crippen LogP contribution in [0.4, 0.5) is 5.82 Å². The normalized spacial score (nSPS) is 10.7. The summed E-state index contributed by atoms with van der Waals surface area (Å²) in [6.45, 7) is 6.86. The van der Waals surface area contributed by atoms with Gasteiger partial charge in [-0.15, -0.1) is 0 Å². The molecule has 4 nitrogen and oxygen atoms in total. The van der Waals surface area contributed by atoms with Gasteiger partial charge in [0.25, 0.3) is 0 Å². The Bertz CT molecular complexity index is 545. The lowest BCUT2D eigenvalue weighted by molar-refractivity contribution is 0.316. The zero-order valence-corrected chi connectivity index (χ0v) is 12.0. The van der Waals surface area contributed by atoms with Crippen LogP contribution in [-0.2, 0) is 13.5 Å². The molecule has 19 heavy (non-hydrogen) atoms. The molecule has 0 radical (unpaired) electrons. The Kier molecular flexibility index (Phi) is 3.79. The predicted octanol–water partition coefficient (Wildman–Crippen LogP) is 2.55. The maximum Gasteiger partial charge on any atom is 0.125 e. The number of anilines is 1. The number of benzene rings is 1. The van der Waals surface area contributed by atoms with Crippen LogP contribution in [-0.4, -0.2) is 16.4 Å². The highest BCUT2D eigenvalue weighted by Crippen LogP contribution is 2.24. The van der Waals surface area contributed by atoms with E-state index in [0.29, 0.717) is 12.4 Å². The molecule has 0 saturated carbocycles. The average molecular weight is 259 g/mol. The van der Waals surface area contributed by atoms with Crippen molar-refractivity contribution >= 4 is 5.82 Å². The van der Waals surface area contributed by atoms with Gasteiger partial charge in [-0.3, -0.25) is 4.68 Å². The van der Waals surface area contributed by atoms with Crippen molar-refractivity contribution in [2.45, 2.75) is 27.2 Å². The molecule has 0 fully saturated rings. The Hall–Kier alpha value is -1.97. The summed E-state index contributed by atoms with van der Waals surface area (Å²) in [7, 11) is 1.84. The summed E-state index contributed by atoms with van der Waals surface area (Å²) in [5, 5.41) is 4.31. The van der Waals surface area contributed by atoms with Crippen LogP contribution in [0.5, 0.6) is 5.75 Å². The molecule has 0 aliphatic rings. The molecule has 1 aromatic carbocycles. The number of nitrogens with two attached hydrogens (primary N) is 1. The van der Waals surface area contributed by atoms with Gasteiger partial charge in [-0.05, 0) is 31.9 Å². The van der Waals surface area contributed by atoms with Crippen molar-refractivity contribution < 1.29 is 4.74 Å². The van der Waals surface area contributed by atoms with Gasteiger partial charge < -0.3 is 10.5 Å². The van der Waals surface area contributed by atoms with E-state index in [0.717, 1.165) is 17.9 Å². The summed E-state index contributed by atoms with van der Waals surface area (Å²) in [5.41, 5.74) is 10.3. The van der Waals surface area contributed by atoms with Gasteiger partial charge in [0.15, 0.2) is 0 Å². The lowest BCUT2D eigenvalue weighted by atomic mass is 10.1. The number of nitrogens with zero attached hydrogens (tertiary/aromatic N) is 2. The smallest absolute Gasteiger partial charge is 0.125 e. The largest absolute Gasteiger partial charge is 0.493 e. The maximum atomic E-state index is 5.89. The zero-order chi connectivity index (χ0) is 14.0. The Morgan fingerprint density at radius 3 is 2.32 bits per heavy atom. The molecule has 1 aromatic heterocycles. The van der Waals surface area contributed by atoms with Crippen LogP contribution in [0.25, 0.3) is 0 Å². The highest BCUT2D eigenvalue weighted by Gasteiger charge is 2.06. The number of nitrogen functional groups attached to an aromatic ring is 1. The summed E-state index contributed by atoms with van der Waals surface area (Å²) in [4.78, 5) is 0. The van der Waals surface area contributed by atoms with E-state index in [1.165, 1.54) is 16.7 Å². The first-order valence-corrected chi connectivity index (χ1v) is 6.46. The first-order valence-electron chi connectivity index (χ1n) is 6.46. The van der Waals surface area contributed by atoms with Gasteiger partial charge in [0.1, 0.15) is 11.6 Å². The molecule has 2 rings (SSSR count). The quantitative estimate of drug-likeness (QED) is 0.918. The van der Waals surface area contributed by atoms with Crippen molar-refractivity contribution in [3.05, 3.63) is 40.6 Å². The third-order valence-electron chi connectivity index (χ3n) is 3.18. The van der Waals surface area contributed by atoms with E-state index < -0.39 is 0 Å². The Morgan fingerprint density at radius 1 is 1.16 bits per heavy atom. The van der Waals surface area contributed by atoms with Gasteiger partial charge in [0, 0.05) is 19.5 Å². The third kappa shape index (κ3) is 3.08. The van der Waals surface area contributed by atoms with Crippen molar-refractivity contribution in [1.29, 1.82) is 0 Å². The van der Waals surface area contributed by atoms with Crippen molar-refractivity contribution in [1.82, 2.24) is 9.78 Å². The molecule has 2 N–H and O–H groups in total. The first-order chi connectivity index (χ1) is 8.97. The lowest BCUT2D eigenvalue weighted by Gasteiger charge is -2.12. The summed E-state index contributed by atoms with van der Waals surface area (Å²) in [6, 6.07) is 6.17. The predicted molar refractivity (Wildman–Crippen MR) is 77.5 cm³/mol. The van der Waals surface area contributed by atoms with Crippen LogP contribution in [0.2, 0.25) is 0 Å². The highest BCUT2D eigenvalue weighted by molar-refractivity contribution is 5.43. The molecule has 0 aliphatic carbocycles. The molecule has 2 aromatic rings. The third-order valence-corrected chi connectivity index (χ3v) is 3.18. The van der Waals surface area contributed by atoms with E-state index in [1.807, 2.05) is 13.1 Å². The summed E-state index contributed by atoms with van der Waals surface area (Å²) in [5.74, 6) is 1.66. The number of hydrogen-bond acceptors (Lipinski definition) is 3. The minimum atomic E-state index is 0.612. The molecule has 0 saturated heterocycles. The summed E-state index contributed by atoms with van der Waals surface area (Å²) < 4.78 is 7.56. The standard InChI is InChI=1S/C15H21N3O/c1-10-7-11(2)15(12(3)8-10)19-6-5-13-9-14(16)18(4)17-13/h7-9H,5-6,16H2,1-4H3. The van der Waals surface area contributed by atoms with Gasteiger partial charge >= 0.3 is 0 Å². The van der Waals surface area contributed by atoms with Gasteiger partial charge in [0.05, 0.1) is 12.3 Å². The molecular formula is C15H21N3O. The van der Waals surface area contributed by atoms with E-state index >= 15 is 0 Å². The Labute approximate surface area is 114 Å². The van der Waals surface area contributed by atoms with Gasteiger partial charge in [-0.25, -0.2) is 0 Å². The molecule has 0 aliphatic heterocycles. The fourth-order valence-corrected chi connectivity index (χ4v) is 2.32. The van der Waals surface area contributed by atoms with Crippen molar-refractivity contribution in [3.8, 4) is 5.75 Å². The van der Waals surface area contributed by atoms with Crippen LogP contribution in [0.1, 0.15) is 22.4 Å². The minimum Gasteiger partial charge on any atom is -0.493 e. The van der Waals surface area contributed by atoms with Gasteiger partial charge in [-0.2, -0.15) is 5.10 Å². The molecule has 4 heteroatoms. The van der Waals surface area contributed by atoms with Crippen molar-refractivity contribution in [2.24, 2.45) is 7.05 Å². The number of rotatable bonds is 4. The monoisotopic (exact) mass is 259 g/mol. The van der Waals surface area contributed by atoms with E-state index in [9.17, 15) is 0 Å². The van der Waals surface area contributed by atoms with Gasteiger partial charge in [0.2, 0.25) is 0 Å². The SMILES string of the molecule is Cc1cc(C)c(OCCc2cc(N)n(C)n2)c(C)c1. The van der Waals surface area contributed by atoms with Crippen LogP contribution >= 0.6 is 0 Å². The van der Waals surface area contributed by atoms with E-state index in [-0.39, 0.29) is 0 Å². The number of aryl methyl sites for hydroxylation is 4. The zero-order valence-electron chi connectivity index (χ0n) is 12.0. The molecule has 102 valence electrons. The van der Waals surface area contributed by atoms with Crippen LogP contribution < -0.4 is 10.5 Å². The summed E-state index contributed by atoms with van der Waals surface area (Å²) in [6.07, 6.45) is 0.762. The Balaban J connectivity index is 2.00. The number of aromatic nitrogens is 2. The number of hydrogen-bond donors (Lipinski definition) is 1. The van der Waals surface area contributed by atoms with E-state index in [4.69, 9.17) is 10.5 Å². The molecule has 0 unspecified atom stereocenters. The molecule has 0 atom stereocenters. The van der Waals surface area contributed by atoms with Crippen LogP contribution in [0, 0.1) is 20.8 Å². The second-order valence-electron chi connectivity index (χ2n) is 5.01. The van der Waals surface area contributed by atoms with Crippen molar-refractivity contribution in [2.75, 3.05) is 12.3 Å². The van der Waals surface area contributed by atoms with E-state index in [2.05, 4.69) is 38.0 Å². The average Bonchev–Trinajstić information content (AvgIpc) is 2.62. The molecule has 0 amide bonds. The fraction of sp³-hybridized carbons (Fsp3) is 0.400. The fourth-order valence-electron chi connectivity index (χ4n) is 2.32. The second-order valence-corrected chi connectivity index (χ2v) is 5.01. The van der Waals surface area contributed by atoms with E-state index in [1.54, 1.807) is 4.68 Å². The molecular weight excluding hydrogens is 238 g/mol. The molecule has 1 heterocycles.